The molecule has 3 N–H and O–H groups in total. The zero-order valence-corrected chi connectivity index (χ0v) is 11.7. The molecule has 0 saturated carbocycles. The number of carbonyl (C=O) groups excluding carboxylic acids is 2. The molecule has 0 bridgehead atoms. The van der Waals surface area contributed by atoms with E-state index in [-0.39, 0.29) is 18.7 Å². The van der Waals surface area contributed by atoms with E-state index < -0.39 is 5.91 Å². The van der Waals surface area contributed by atoms with Gasteiger partial charge in [-0.25, -0.2) is 0 Å². The fourth-order valence-electron chi connectivity index (χ4n) is 2.33. The van der Waals surface area contributed by atoms with Gasteiger partial charge in [0.1, 0.15) is 0 Å². The fraction of sp³-hybridized carbons (Fsp3) is 0.125. The molecule has 6 heteroatoms. The Hall–Kier alpha value is -3.02. The predicted octanol–water partition coefficient (Wildman–Crippen LogP) is 1.99. The molecular weight excluding hydrogens is 280 g/mol. The van der Waals surface area contributed by atoms with Crippen molar-refractivity contribution in [2.75, 3.05) is 5.32 Å². The molecule has 3 rings (SSSR count). The molecule has 2 heterocycles. The van der Waals surface area contributed by atoms with E-state index in [0.717, 1.165) is 21.8 Å². The van der Waals surface area contributed by atoms with E-state index in [1.165, 1.54) is 0 Å². The fourth-order valence-corrected chi connectivity index (χ4v) is 2.33. The molecule has 1 aromatic carbocycles. The van der Waals surface area contributed by atoms with Gasteiger partial charge in [-0.1, -0.05) is 6.07 Å². The predicted molar refractivity (Wildman–Crippen MR) is 84.1 cm³/mol. The molecule has 22 heavy (non-hydrogen) atoms. The first kappa shape index (κ1) is 13.9. The lowest BCUT2D eigenvalue weighted by molar-refractivity contribution is -0.122. The number of aromatic nitrogens is 2. The number of fused-ring (bicyclic) bond motifs is 3. The van der Waals surface area contributed by atoms with Crippen LogP contribution in [-0.4, -0.2) is 21.8 Å². The number of nitrogens with one attached hydrogen (secondary N) is 1. The number of nitrogens with two attached hydrogens (primary N) is 1. The molecule has 3 aromatic rings. The van der Waals surface area contributed by atoms with Crippen LogP contribution in [0.4, 0.5) is 5.69 Å². The maximum atomic E-state index is 11.9. The summed E-state index contributed by atoms with van der Waals surface area (Å²) >= 11 is 0. The van der Waals surface area contributed by atoms with Crippen LogP contribution in [0.5, 0.6) is 0 Å². The van der Waals surface area contributed by atoms with Crippen LogP contribution in [0.3, 0.4) is 0 Å². The number of benzene rings is 1. The van der Waals surface area contributed by atoms with Gasteiger partial charge in [-0.3, -0.25) is 19.6 Å². The highest BCUT2D eigenvalue weighted by molar-refractivity contribution is 6.12. The monoisotopic (exact) mass is 294 g/mol. The van der Waals surface area contributed by atoms with Gasteiger partial charge < -0.3 is 11.1 Å². The molecule has 0 aliphatic rings. The maximum Gasteiger partial charge on any atom is 0.224 e. The van der Waals surface area contributed by atoms with E-state index in [1.807, 2.05) is 24.3 Å². The van der Waals surface area contributed by atoms with Crippen molar-refractivity contribution in [2.24, 2.45) is 5.73 Å². The second-order valence-corrected chi connectivity index (χ2v) is 4.91. The molecule has 2 aromatic heterocycles. The average molecular weight is 294 g/mol. The summed E-state index contributed by atoms with van der Waals surface area (Å²) in [5.74, 6) is -0.753. The number of amides is 2. The van der Waals surface area contributed by atoms with Crippen LogP contribution in [0, 0.1) is 0 Å². The van der Waals surface area contributed by atoms with E-state index >= 15 is 0 Å². The zero-order chi connectivity index (χ0) is 15.5. The second kappa shape index (κ2) is 5.77. The van der Waals surface area contributed by atoms with Crippen molar-refractivity contribution in [3.63, 3.8) is 0 Å². The van der Waals surface area contributed by atoms with Crippen molar-refractivity contribution in [3.05, 3.63) is 42.7 Å². The summed E-state index contributed by atoms with van der Waals surface area (Å²) in [4.78, 5) is 31.4. The lowest BCUT2D eigenvalue weighted by Gasteiger charge is -2.10. The first-order valence-electron chi connectivity index (χ1n) is 6.86. The van der Waals surface area contributed by atoms with Crippen molar-refractivity contribution < 1.29 is 9.59 Å². The largest absolute Gasteiger partial charge is 0.370 e. The van der Waals surface area contributed by atoms with Crippen LogP contribution in [0.1, 0.15) is 12.8 Å². The SMILES string of the molecule is NC(=O)CCC(=O)Nc1cc2cccnc2c2ncccc12. The topological polar surface area (TPSA) is 98.0 Å². The van der Waals surface area contributed by atoms with Gasteiger partial charge in [-0.05, 0) is 24.3 Å². The van der Waals surface area contributed by atoms with E-state index in [9.17, 15) is 9.59 Å². The quantitative estimate of drug-likeness (QED) is 0.719. The van der Waals surface area contributed by atoms with Gasteiger partial charge in [0.25, 0.3) is 0 Å². The molecule has 0 atom stereocenters. The molecule has 6 nitrogen and oxygen atoms in total. The van der Waals surface area contributed by atoms with Crippen LogP contribution in [0.15, 0.2) is 42.7 Å². The summed E-state index contributed by atoms with van der Waals surface area (Å²) in [5, 5.41) is 4.51. The molecule has 0 radical (unpaired) electrons. The van der Waals surface area contributed by atoms with Crippen molar-refractivity contribution in [2.45, 2.75) is 12.8 Å². The third-order valence-corrected chi connectivity index (χ3v) is 3.33. The Morgan fingerprint density at radius 3 is 2.55 bits per heavy atom. The van der Waals surface area contributed by atoms with Gasteiger partial charge in [0.2, 0.25) is 11.8 Å². The van der Waals surface area contributed by atoms with E-state index in [2.05, 4.69) is 15.3 Å². The molecule has 0 spiro atoms. The summed E-state index contributed by atoms with van der Waals surface area (Å²) < 4.78 is 0. The highest BCUT2D eigenvalue weighted by Gasteiger charge is 2.11. The Balaban J connectivity index is 2.04. The maximum absolute atomic E-state index is 11.9. The molecule has 0 aliphatic carbocycles. The first-order chi connectivity index (χ1) is 10.6. The smallest absolute Gasteiger partial charge is 0.224 e. The lowest BCUT2D eigenvalue weighted by atomic mass is 10.1. The minimum atomic E-state index is -0.496. The van der Waals surface area contributed by atoms with E-state index in [4.69, 9.17) is 5.73 Å². The summed E-state index contributed by atoms with van der Waals surface area (Å²) in [6.07, 6.45) is 3.48. The number of carbonyl (C=O) groups is 2. The van der Waals surface area contributed by atoms with Crippen molar-refractivity contribution in [3.8, 4) is 0 Å². The van der Waals surface area contributed by atoms with Crippen molar-refractivity contribution >= 4 is 39.3 Å². The van der Waals surface area contributed by atoms with E-state index in [1.54, 1.807) is 18.5 Å². The van der Waals surface area contributed by atoms with Gasteiger partial charge in [-0.15, -0.1) is 0 Å². The standard InChI is InChI=1S/C16H14N4O2/c17-13(21)5-6-14(22)20-12-9-10-3-1-7-18-15(10)16-11(12)4-2-8-19-16/h1-4,7-9H,5-6H2,(H2,17,21)(H,20,22). The molecule has 0 fully saturated rings. The highest BCUT2D eigenvalue weighted by Crippen LogP contribution is 2.29. The molecule has 0 unspecified atom stereocenters. The van der Waals surface area contributed by atoms with Gasteiger partial charge in [0, 0.05) is 36.0 Å². The summed E-state index contributed by atoms with van der Waals surface area (Å²) in [6, 6.07) is 9.27. The van der Waals surface area contributed by atoms with Crippen molar-refractivity contribution in [1.82, 2.24) is 9.97 Å². The summed E-state index contributed by atoms with van der Waals surface area (Å²) in [7, 11) is 0. The number of pyridine rings is 2. The highest BCUT2D eigenvalue weighted by atomic mass is 16.2. The van der Waals surface area contributed by atoms with Gasteiger partial charge >= 0.3 is 0 Å². The lowest BCUT2D eigenvalue weighted by Crippen LogP contribution is -2.17. The Labute approximate surface area is 126 Å². The van der Waals surface area contributed by atoms with Gasteiger partial charge in [0.05, 0.1) is 16.7 Å². The number of hydrogen-bond donors (Lipinski definition) is 2. The van der Waals surface area contributed by atoms with Crippen LogP contribution >= 0.6 is 0 Å². The number of nitrogens with zero attached hydrogens (tertiary/aromatic N) is 2. The van der Waals surface area contributed by atoms with Crippen LogP contribution in [0.2, 0.25) is 0 Å². The molecule has 0 aliphatic heterocycles. The molecule has 110 valence electrons. The molecule has 2 amide bonds. The zero-order valence-electron chi connectivity index (χ0n) is 11.7. The summed E-state index contributed by atoms with van der Waals surface area (Å²) in [5.41, 5.74) is 7.23. The second-order valence-electron chi connectivity index (χ2n) is 4.91. The van der Waals surface area contributed by atoms with Crippen molar-refractivity contribution in [1.29, 1.82) is 0 Å². The van der Waals surface area contributed by atoms with Crippen LogP contribution < -0.4 is 11.1 Å². The Kier molecular flexibility index (Phi) is 3.65. The number of primary amides is 1. The minimum absolute atomic E-state index is 0.0250. The first-order valence-corrected chi connectivity index (χ1v) is 6.86. The summed E-state index contributed by atoms with van der Waals surface area (Å²) in [6.45, 7) is 0. The van der Waals surface area contributed by atoms with Gasteiger partial charge in [-0.2, -0.15) is 0 Å². The molecular formula is C16H14N4O2. The Bertz CT molecular complexity index is 876. The number of hydrogen-bond acceptors (Lipinski definition) is 4. The Morgan fingerprint density at radius 2 is 1.77 bits per heavy atom. The molecule has 0 saturated heterocycles. The number of anilines is 1. The normalized spacial score (nSPS) is 10.7. The van der Waals surface area contributed by atoms with E-state index in [0.29, 0.717) is 5.69 Å². The van der Waals surface area contributed by atoms with Crippen LogP contribution in [0.25, 0.3) is 21.8 Å². The third kappa shape index (κ3) is 2.71. The Morgan fingerprint density at radius 1 is 1.05 bits per heavy atom. The minimum Gasteiger partial charge on any atom is -0.370 e. The van der Waals surface area contributed by atoms with Crippen LogP contribution in [-0.2, 0) is 9.59 Å². The number of rotatable bonds is 4. The average Bonchev–Trinajstić information content (AvgIpc) is 2.53. The van der Waals surface area contributed by atoms with Gasteiger partial charge in [0.15, 0.2) is 0 Å². The third-order valence-electron chi connectivity index (χ3n) is 3.33.